The number of benzene rings is 1. The summed E-state index contributed by atoms with van der Waals surface area (Å²) in [4.78, 5) is 0. The molecule has 0 aliphatic carbocycles. The van der Waals surface area contributed by atoms with E-state index in [-0.39, 0.29) is 5.82 Å². The molecule has 0 amide bonds. The lowest BCUT2D eigenvalue weighted by Gasteiger charge is -2.02. The van der Waals surface area contributed by atoms with E-state index in [1.165, 1.54) is 0 Å². The van der Waals surface area contributed by atoms with E-state index >= 15 is 0 Å². The fourth-order valence-electron chi connectivity index (χ4n) is 1.39. The minimum atomic E-state index is -0.242. The Morgan fingerprint density at radius 1 is 1.43 bits per heavy atom. The van der Waals surface area contributed by atoms with Crippen molar-refractivity contribution in [1.29, 1.82) is 0 Å². The molecule has 0 unspecified atom stereocenters. The van der Waals surface area contributed by atoms with Crippen LogP contribution in [0.15, 0.2) is 24.3 Å². The summed E-state index contributed by atoms with van der Waals surface area (Å²) in [5.41, 5.74) is 1.78. The first-order valence-corrected chi connectivity index (χ1v) is 4.38. The highest BCUT2D eigenvalue weighted by Gasteiger charge is 2.11. The van der Waals surface area contributed by atoms with Gasteiger partial charge in [-0.1, -0.05) is 12.1 Å². The maximum Gasteiger partial charge on any atom is 0.167 e. The van der Waals surface area contributed by atoms with Gasteiger partial charge in [-0.3, -0.25) is 0 Å². The molecule has 1 radical (unpaired) electrons. The van der Waals surface area contributed by atoms with Crippen LogP contribution < -0.4 is 0 Å². The van der Waals surface area contributed by atoms with Crippen molar-refractivity contribution in [3.05, 3.63) is 47.5 Å². The summed E-state index contributed by atoms with van der Waals surface area (Å²) in [6, 6.07) is 10.2. The quantitative estimate of drug-likeness (QED) is 0.673. The lowest BCUT2D eigenvalue weighted by atomic mass is 10.3. The zero-order chi connectivity index (χ0) is 10.1. The maximum absolute atomic E-state index is 13.3. The van der Waals surface area contributed by atoms with Crippen LogP contribution in [0.4, 0.5) is 4.39 Å². The number of halogens is 1. The molecule has 0 spiro atoms. The van der Waals surface area contributed by atoms with Crippen LogP contribution in [0.25, 0.3) is 5.69 Å². The summed E-state index contributed by atoms with van der Waals surface area (Å²) >= 11 is 0. The smallest absolute Gasteiger partial charge is 0.167 e. The first-order chi connectivity index (χ1) is 6.70. The summed E-state index contributed by atoms with van der Waals surface area (Å²) in [7, 11) is 0. The highest BCUT2D eigenvalue weighted by Crippen LogP contribution is 2.15. The van der Waals surface area contributed by atoms with Crippen molar-refractivity contribution in [2.45, 2.75) is 13.8 Å². The van der Waals surface area contributed by atoms with E-state index in [1.54, 1.807) is 30.7 Å². The molecule has 1 aromatic heterocycles. The Balaban J connectivity index is 2.58. The van der Waals surface area contributed by atoms with E-state index in [0.717, 1.165) is 5.69 Å². The van der Waals surface area contributed by atoms with Gasteiger partial charge in [0, 0.05) is 0 Å². The van der Waals surface area contributed by atoms with Crippen LogP contribution in [0.5, 0.6) is 0 Å². The van der Waals surface area contributed by atoms with Crippen LogP contribution in [0.1, 0.15) is 11.4 Å². The van der Waals surface area contributed by atoms with Crippen molar-refractivity contribution in [1.82, 2.24) is 9.78 Å². The molecule has 71 valence electrons. The van der Waals surface area contributed by atoms with E-state index < -0.39 is 0 Å². The van der Waals surface area contributed by atoms with Gasteiger partial charge in [-0.05, 0) is 32.0 Å². The summed E-state index contributed by atoms with van der Waals surface area (Å²) in [6.07, 6.45) is 0. The molecule has 2 aromatic rings. The van der Waals surface area contributed by atoms with Crippen molar-refractivity contribution < 1.29 is 4.39 Å². The number of nitrogens with zero attached hydrogens (tertiary/aromatic N) is 2. The molecule has 1 heterocycles. The van der Waals surface area contributed by atoms with E-state index in [2.05, 4.69) is 11.2 Å². The third-order valence-corrected chi connectivity index (χ3v) is 2.14. The second kappa shape index (κ2) is 3.25. The molecule has 0 saturated carbocycles. The molecule has 3 heteroatoms. The molecule has 0 bridgehead atoms. The molecular weight excluding hydrogens is 179 g/mol. The fraction of sp³-hybridized carbons (Fsp3) is 0.182. The van der Waals surface area contributed by atoms with Crippen molar-refractivity contribution in [2.75, 3.05) is 0 Å². The Kier molecular flexibility index (Phi) is 2.08. The van der Waals surface area contributed by atoms with Crippen LogP contribution in [0.3, 0.4) is 0 Å². The molecule has 14 heavy (non-hydrogen) atoms. The van der Waals surface area contributed by atoms with Crippen LogP contribution in [-0.2, 0) is 0 Å². The molecule has 1 aromatic carbocycles. The standard InChI is InChI=1S/C11H10FN2/c1-8-11(12)9(2)14(13-8)10-6-4-3-5-7-10/h3-4,6-7H,1-2H3. The Hall–Kier alpha value is -1.64. The fourth-order valence-corrected chi connectivity index (χ4v) is 1.39. The third kappa shape index (κ3) is 1.31. The monoisotopic (exact) mass is 189 g/mol. The highest BCUT2D eigenvalue weighted by molar-refractivity contribution is 5.32. The summed E-state index contributed by atoms with van der Waals surface area (Å²) in [5, 5.41) is 4.10. The van der Waals surface area contributed by atoms with E-state index in [1.807, 2.05) is 12.1 Å². The first kappa shape index (κ1) is 8.94. The van der Waals surface area contributed by atoms with E-state index in [4.69, 9.17) is 0 Å². The number of aryl methyl sites for hydroxylation is 1. The average Bonchev–Trinajstić information content (AvgIpc) is 2.47. The van der Waals surface area contributed by atoms with Crippen LogP contribution in [0, 0.1) is 25.7 Å². The first-order valence-electron chi connectivity index (χ1n) is 4.38. The van der Waals surface area contributed by atoms with Gasteiger partial charge in [0.1, 0.15) is 0 Å². The Labute approximate surface area is 82.0 Å². The van der Waals surface area contributed by atoms with Crippen LogP contribution >= 0.6 is 0 Å². The topological polar surface area (TPSA) is 17.8 Å². The predicted molar refractivity (Wildman–Crippen MR) is 51.8 cm³/mol. The van der Waals surface area contributed by atoms with Crippen molar-refractivity contribution in [3.8, 4) is 5.69 Å². The van der Waals surface area contributed by atoms with Crippen molar-refractivity contribution >= 4 is 0 Å². The number of hydrogen-bond donors (Lipinski definition) is 0. The van der Waals surface area contributed by atoms with Gasteiger partial charge >= 0.3 is 0 Å². The highest BCUT2D eigenvalue weighted by atomic mass is 19.1. The lowest BCUT2D eigenvalue weighted by molar-refractivity contribution is 0.608. The summed E-state index contributed by atoms with van der Waals surface area (Å²) < 4.78 is 14.9. The number of rotatable bonds is 1. The summed E-state index contributed by atoms with van der Waals surface area (Å²) in [5.74, 6) is -0.242. The number of hydrogen-bond acceptors (Lipinski definition) is 1. The molecule has 0 atom stereocenters. The Bertz CT molecular complexity index is 446. The maximum atomic E-state index is 13.3. The van der Waals surface area contributed by atoms with Gasteiger partial charge in [0.05, 0.1) is 17.1 Å². The lowest BCUT2D eigenvalue weighted by Crippen LogP contribution is -1.98. The Morgan fingerprint density at radius 2 is 2.21 bits per heavy atom. The predicted octanol–water partition coefficient (Wildman–Crippen LogP) is 2.43. The van der Waals surface area contributed by atoms with E-state index in [9.17, 15) is 4.39 Å². The zero-order valence-corrected chi connectivity index (χ0v) is 8.08. The van der Waals surface area contributed by atoms with Gasteiger partial charge in [-0.15, -0.1) is 0 Å². The molecule has 0 N–H and O–H groups in total. The van der Waals surface area contributed by atoms with Crippen molar-refractivity contribution in [3.63, 3.8) is 0 Å². The zero-order valence-electron chi connectivity index (χ0n) is 8.08. The summed E-state index contributed by atoms with van der Waals surface area (Å²) in [6.45, 7) is 3.37. The van der Waals surface area contributed by atoms with Gasteiger partial charge in [-0.25, -0.2) is 9.07 Å². The normalized spacial score (nSPS) is 10.5. The van der Waals surface area contributed by atoms with Crippen molar-refractivity contribution in [2.24, 2.45) is 0 Å². The van der Waals surface area contributed by atoms with Gasteiger partial charge in [0.2, 0.25) is 0 Å². The molecule has 0 aliphatic heterocycles. The van der Waals surface area contributed by atoms with Gasteiger partial charge < -0.3 is 0 Å². The van der Waals surface area contributed by atoms with Gasteiger partial charge in [0.25, 0.3) is 0 Å². The minimum absolute atomic E-state index is 0.242. The molecule has 0 saturated heterocycles. The second-order valence-electron chi connectivity index (χ2n) is 3.16. The van der Waals surface area contributed by atoms with Gasteiger partial charge in [-0.2, -0.15) is 5.10 Å². The second-order valence-corrected chi connectivity index (χ2v) is 3.16. The van der Waals surface area contributed by atoms with Crippen LogP contribution in [0.2, 0.25) is 0 Å². The molecule has 2 nitrogen and oxygen atoms in total. The molecule has 2 rings (SSSR count). The van der Waals surface area contributed by atoms with Gasteiger partial charge in [0.15, 0.2) is 5.82 Å². The van der Waals surface area contributed by atoms with Crippen LogP contribution in [-0.4, -0.2) is 9.78 Å². The Morgan fingerprint density at radius 3 is 2.71 bits per heavy atom. The largest absolute Gasteiger partial charge is 0.235 e. The average molecular weight is 189 g/mol. The molecule has 0 fully saturated rings. The SMILES string of the molecule is Cc1nn(-c2c[c]ccc2)c(C)c1F. The third-order valence-electron chi connectivity index (χ3n) is 2.14. The molecular formula is C11H10FN2. The molecule has 0 aliphatic rings. The number of aromatic nitrogens is 2. The van der Waals surface area contributed by atoms with E-state index in [0.29, 0.717) is 11.4 Å². The minimum Gasteiger partial charge on any atom is -0.235 e.